The van der Waals surface area contributed by atoms with Crippen molar-refractivity contribution in [2.24, 2.45) is 0 Å². The van der Waals surface area contributed by atoms with Crippen molar-refractivity contribution in [2.45, 2.75) is 78.6 Å². The smallest absolute Gasteiger partial charge is 0.261 e. The lowest BCUT2D eigenvalue weighted by Crippen LogP contribution is -2.44. The molecule has 0 aliphatic carbocycles. The van der Waals surface area contributed by atoms with Crippen LogP contribution in [0.4, 0.5) is 0 Å². The van der Waals surface area contributed by atoms with E-state index in [1.54, 1.807) is 0 Å². The minimum Gasteiger partial charge on any atom is -0.487 e. The van der Waals surface area contributed by atoms with Crippen molar-refractivity contribution in [1.82, 2.24) is 5.32 Å². The molecule has 1 N–H and O–H groups in total. The Bertz CT molecular complexity index is 901. The molecule has 0 saturated carbocycles. The van der Waals surface area contributed by atoms with E-state index in [4.69, 9.17) is 9.47 Å². The molecule has 1 amide bonds. The Balaban J connectivity index is 1.78. The molecule has 0 fully saturated rings. The van der Waals surface area contributed by atoms with Crippen molar-refractivity contribution in [1.29, 1.82) is 0 Å². The van der Waals surface area contributed by atoms with Gasteiger partial charge in [0.05, 0.1) is 6.04 Å². The van der Waals surface area contributed by atoms with Crippen molar-refractivity contribution in [3.63, 3.8) is 0 Å². The first-order valence-electron chi connectivity index (χ1n) is 10.4. The van der Waals surface area contributed by atoms with Crippen molar-refractivity contribution in [2.75, 3.05) is 0 Å². The Morgan fingerprint density at radius 2 is 1.76 bits per heavy atom. The Morgan fingerprint density at radius 1 is 1.10 bits per heavy atom. The third-order valence-corrected chi connectivity index (χ3v) is 5.41. The Kier molecular flexibility index (Phi) is 5.92. The highest BCUT2D eigenvalue weighted by atomic mass is 16.5. The third-order valence-electron chi connectivity index (χ3n) is 5.41. The zero-order valence-electron chi connectivity index (χ0n) is 18.6. The normalized spacial score (nSPS) is 18.6. The molecule has 0 radical (unpaired) electrons. The van der Waals surface area contributed by atoms with E-state index < -0.39 is 6.10 Å². The van der Waals surface area contributed by atoms with Crippen LogP contribution in [0.2, 0.25) is 0 Å². The molecule has 1 aliphatic rings. The summed E-state index contributed by atoms with van der Waals surface area (Å²) in [6, 6.07) is 12.2. The molecule has 2 atom stereocenters. The zero-order valence-corrected chi connectivity index (χ0v) is 18.6. The third kappa shape index (κ3) is 4.92. The van der Waals surface area contributed by atoms with Crippen molar-refractivity contribution in [3.05, 3.63) is 58.7 Å². The lowest BCUT2D eigenvalue weighted by molar-refractivity contribution is -0.128. The van der Waals surface area contributed by atoms with E-state index in [2.05, 4.69) is 51.2 Å². The molecular weight excluding hydrogens is 362 g/mol. The SMILES string of the molecule is Cc1ccc(C(C)C)c(O[C@H](C)C(=O)N[C@@H]2CC(C)(C)Oc3cc(C)ccc32)c1. The van der Waals surface area contributed by atoms with E-state index in [9.17, 15) is 4.79 Å². The monoisotopic (exact) mass is 395 g/mol. The quantitative estimate of drug-likeness (QED) is 0.715. The van der Waals surface area contributed by atoms with E-state index in [0.717, 1.165) is 33.8 Å². The van der Waals surface area contributed by atoms with Gasteiger partial charge in [0.1, 0.15) is 17.1 Å². The summed E-state index contributed by atoms with van der Waals surface area (Å²) in [5.74, 6) is 1.84. The van der Waals surface area contributed by atoms with Gasteiger partial charge in [-0.1, -0.05) is 38.1 Å². The number of amides is 1. The molecule has 29 heavy (non-hydrogen) atoms. The van der Waals surface area contributed by atoms with Gasteiger partial charge in [-0.25, -0.2) is 0 Å². The zero-order chi connectivity index (χ0) is 21.3. The highest BCUT2D eigenvalue weighted by molar-refractivity contribution is 5.81. The molecule has 0 aromatic heterocycles. The molecule has 1 aliphatic heterocycles. The predicted octanol–water partition coefficient (Wildman–Crippen LogP) is 5.61. The standard InChI is InChI=1S/C25H33NO3/c1-15(2)19-10-8-16(3)12-22(19)28-18(5)24(27)26-21-14-25(6,7)29-23-13-17(4)9-11-20(21)23/h8-13,15,18,21H,14H2,1-7H3,(H,26,27)/t18-,21-/m1/s1. The number of carbonyl (C=O) groups is 1. The second-order valence-corrected chi connectivity index (χ2v) is 9.12. The van der Waals surface area contributed by atoms with Crippen molar-refractivity contribution < 1.29 is 14.3 Å². The number of aryl methyl sites for hydroxylation is 2. The summed E-state index contributed by atoms with van der Waals surface area (Å²) in [6.07, 6.45) is 0.123. The maximum absolute atomic E-state index is 13.0. The van der Waals surface area contributed by atoms with Crippen LogP contribution in [-0.4, -0.2) is 17.6 Å². The van der Waals surface area contributed by atoms with E-state index in [1.807, 2.05) is 39.0 Å². The fourth-order valence-electron chi connectivity index (χ4n) is 3.84. The summed E-state index contributed by atoms with van der Waals surface area (Å²) in [6.45, 7) is 14.3. The van der Waals surface area contributed by atoms with Gasteiger partial charge in [-0.15, -0.1) is 0 Å². The summed E-state index contributed by atoms with van der Waals surface area (Å²) in [5, 5.41) is 3.19. The number of carbonyl (C=O) groups excluding carboxylic acids is 1. The van der Waals surface area contributed by atoms with Crippen LogP contribution in [0.25, 0.3) is 0 Å². The van der Waals surface area contributed by atoms with Crippen LogP contribution in [0.15, 0.2) is 36.4 Å². The average molecular weight is 396 g/mol. The fourth-order valence-corrected chi connectivity index (χ4v) is 3.84. The van der Waals surface area contributed by atoms with Crippen LogP contribution in [-0.2, 0) is 4.79 Å². The second-order valence-electron chi connectivity index (χ2n) is 9.12. The van der Waals surface area contributed by atoms with Gasteiger partial charge in [-0.2, -0.15) is 0 Å². The molecule has 3 rings (SSSR count). The summed E-state index contributed by atoms with van der Waals surface area (Å²) in [7, 11) is 0. The van der Waals surface area contributed by atoms with E-state index in [-0.39, 0.29) is 17.6 Å². The van der Waals surface area contributed by atoms with Crippen molar-refractivity contribution >= 4 is 5.91 Å². The molecule has 0 bridgehead atoms. The van der Waals surface area contributed by atoms with Crippen LogP contribution < -0.4 is 14.8 Å². The molecule has 0 spiro atoms. The maximum atomic E-state index is 13.0. The Labute approximate surface area is 174 Å². The minimum atomic E-state index is -0.589. The molecule has 0 saturated heterocycles. The highest BCUT2D eigenvalue weighted by Gasteiger charge is 2.35. The Hall–Kier alpha value is -2.49. The number of benzene rings is 2. The van der Waals surface area contributed by atoms with Gasteiger partial charge in [-0.05, 0) is 69.4 Å². The number of rotatable bonds is 5. The van der Waals surface area contributed by atoms with Crippen LogP contribution in [0.5, 0.6) is 11.5 Å². The molecular formula is C25H33NO3. The Morgan fingerprint density at radius 3 is 2.45 bits per heavy atom. The highest BCUT2D eigenvalue weighted by Crippen LogP contribution is 2.40. The van der Waals surface area contributed by atoms with Gasteiger partial charge in [0, 0.05) is 12.0 Å². The lowest BCUT2D eigenvalue weighted by atomic mass is 9.89. The second kappa shape index (κ2) is 8.10. The van der Waals surface area contributed by atoms with Gasteiger partial charge >= 0.3 is 0 Å². The van der Waals surface area contributed by atoms with Crippen LogP contribution in [0.1, 0.15) is 75.3 Å². The average Bonchev–Trinajstić information content (AvgIpc) is 2.59. The molecule has 0 unspecified atom stereocenters. The largest absolute Gasteiger partial charge is 0.487 e. The number of nitrogens with one attached hydrogen (secondary N) is 1. The number of hydrogen-bond donors (Lipinski definition) is 1. The predicted molar refractivity (Wildman–Crippen MR) is 117 cm³/mol. The first-order chi connectivity index (χ1) is 13.6. The van der Waals surface area contributed by atoms with Crippen LogP contribution in [0.3, 0.4) is 0 Å². The van der Waals surface area contributed by atoms with Gasteiger partial charge in [0.25, 0.3) is 5.91 Å². The lowest BCUT2D eigenvalue weighted by Gasteiger charge is -2.38. The molecule has 156 valence electrons. The van der Waals surface area contributed by atoms with Gasteiger partial charge in [0.2, 0.25) is 0 Å². The first kappa shape index (κ1) is 21.2. The van der Waals surface area contributed by atoms with E-state index in [0.29, 0.717) is 12.3 Å². The summed E-state index contributed by atoms with van der Waals surface area (Å²) >= 11 is 0. The summed E-state index contributed by atoms with van der Waals surface area (Å²) in [5.41, 5.74) is 4.05. The molecule has 4 heteroatoms. The number of hydrogen-bond acceptors (Lipinski definition) is 3. The van der Waals surface area contributed by atoms with Gasteiger partial charge < -0.3 is 14.8 Å². The molecule has 4 nitrogen and oxygen atoms in total. The van der Waals surface area contributed by atoms with Gasteiger partial charge in [0.15, 0.2) is 6.10 Å². The van der Waals surface area contributed by atoms with Crippen LogP contribution in [0, 0.1) is 13.8 Å². The number of ether oxygens (including phenoxy) is 2. The summed E-state index contributed by atoms with van der Waals surface area (Å²) in [4.78, 5) is 13.0. The first-order valence-corrected chi connectivity index (χ1v) is 10.4. The molecule has 2 aromatic rings. The number of fused-ring (bicyclic) bond motifs is 1. The summed E-state index contributed by atoms with van der Waals surface area (Å²) < 4.78 is 12.2. The topological polar surface area (TPSA) is 47.6 Å². The molecule has 1 heterocycles. The molecule has 2 aromatic carbocycles. The maximum Gasteiger partial charge on any atom is 0.261 e. The van der Waals surface area contributed by atoms with E-state index >= 15 is 0 Å². The minimum absolute atomic E-state index is 0.102. The van der Waals surface area contributed by atoms with E-state index in [1.165, 1.54) is 0 Å². The van der Waals surface area contributed by atoms with Gasteiger partial charge in [-0.3, -0.25) is 4.79 Å². The van der Waals surface area contributed by atoms with Crippen molar-refractivity contribution in [3.8, 4) is 11.5 Å². The van der Waals surface area contributed by atoms with Crippen LogP contribution >= 0.6 is 0 Å². The fraction of sp³-hybridized carbons (Fsp3) is 0.480.